The minimum atomic E-state index is -0.598. The van der Waals surface area contributed by atoms with E-state index in [1.807, 2.05) is 13.0 Å². The van der Waals surface area contributed by atoms with Crippen molar-refractivity contribution < 1.29 is 14.2 Å². The summed E-state index contributed by atoms with van der Waals surface area (Å²) in [6, 6.07) is 5.16. The smallest absolute Gasteiger partial charge is 0.126 e. The zero-order chi connectivity index (χ0) is 16.6. The molecule has 5 nitrogen and oxygen atoms in total. The Kier molecular flexibility index (Phi) is 4.53. The van der Waals surface area contributed by atoms with Crippen LogP contribution in [0.2, 0.25) is 5.02 Å². The lowest BCUT2D eigenvalue weighted by Crippen LogP contribution is -2.42. The van der Waals surface area contributed by atoms with Crippen molar-refractivity contribution in [1.82, 2.24) is 5.01 Å². The van der Waals surface area contributed by atoms with E-state index in [2.05, 4.69) is 5.10 Å². The van der Waals surface area contributed by atoms with Crippen LogP contribution in [0, 0.1) is 18.3 Å². The SMILES string of the molecule is Cc1c(C2=NN3CC[C@H](O)[C@H]3[C@@H]2OCCF)ccc(C#N)c1Cl. The van der Waals surface area contributed by atoms with Crippen molar-refractivity contribution in [1.29, 1.82) is 5.26 Å². The summed E-state index contributed by atoms with van der Waals surface area (Å²) in [5.74, 6) is 0. The van der Waals surface area contributed by atoms with Crippen LogP contribution in [0.15, 0.2) is 17.2 Å². The molecule has 23 heavy (non-hydrogen) atoms. The van der Waals surface area contributed by atoms with Crippen molar-refractivity contribution in [3.8, 4) is 6.07 Å². The molecule has 7 heteroatoms. The predicted molar refractivity (Wildman–Crippen MR) is 84.3 cm³/mol. The minimum Gasteiger partial charge on any atom is -0.391 e. The normalized spacial score (nSPS) is 26.1. The predicted octanol–water partition coefficient (Wildman–Crippen LogP) is 2.03. The Bertz CT molecular complexity index is 689. The minimum absolute atomic E-state index is 0.0518. The highest BCUT2D eigenvalue weighted by Gasteiger charge is 2.46. The second-order valence-electron chi connectivity index (χ2n) is 5.69. The van der Waals surface area contributed by atoms with E-state index in [4.69, 9.17) is 21.6 Å². The highest BCUT2D eigenvalue weighted by Crippen LogP contribution is 2.34. The summed E-state index contributed by atoms with van der Waals surface area (Å²) in [5, 5.41) is 26.0. The molecule has 0 aromatic heterocycles. The topological polar surface area (TPSA) is 68.8 Å². The van der Waals surface area contributed by atoms with Gasteiger partial charge in [-0.2, -0.15) is 10.4 Å². The van der Waals surface area contributed by atoms with Gasteiger partial charge in [0, 0.05) is 12.1 Å². The van der Waals surface area contributed by atoms with Gasteiger partial charge in [-0.3, -0.25) is 5.01 Å². The number of ether oxygens (including phenoxy) is 1. The van der Waals surface area contributed by atoms with Gasteiger partial charge in [-0.15, -0.1) is 0 Å². The molecule has 1 fully saturated rings. The van der Waals surface area contributed by atoms with Gasteiger partial charge in [0.15, 0.2) is 0 Å². The van der Waals surface area contributed by atoms with Gasteiger partial charge in [-0.1, -0.05) is 17.7 Å². The van der Waals surface area contributed by atoms with Crippen LogP contribution in [-0.2, 0) is 4.74 Å². The number of fused-ring (bicyclic) bond motifs is 1. The van der Waals surface area contributed by atoms with Crippen molar-refractivity contribution in [2.45, 2.75) is 31.6 Å². The number of nitriles is 1. The van der Waals surface area contributed by atoms with Gasteiger partial charge in [0.25, 0.3) is 0 Å². The maximum atomic E-state index is 12.6. The lowest BCUT2D eigenvalue weighted by molar-refractivity contribution is 0.0106. The van der Waals surface area contributed by atoms with E-state index in [1.165, 1.54) is 0 Å². The molecule has 3 rings (SSSR count). The number of nitrogens with zero attached hydrogens (tertiary/aromatic N) is 3. The third-order valence-electron chi connectivity index (χ3n) is 4.37. The molecule has 0 bridgehead atoms. The van der Waals surface area contributed by atoms with E-state index >= 15 is 0 Å². The lowest BCUT2D eigenvalue weighted by Gasteiger charge is -2.24. The number of rotatable bonds is 4. The van der Waals surface area contributed by atoms with Gasteiger partial charge in [-0.05, 0) is 25.0 Å². The maximum Gasteiger partial charge on any atom is 0.126 e. The molecule has 2 aliphatic rings. The van der Waals surface area contributed by atoms with Crippen LogP contribution in [0.5, 0.6) is 0 Å². The first-order valence-corrected chi connectivity index (χ1v) is 7.86. The number of halogens is 2. The molecule has 0 spiro atoms. The lowest BCUT2D eigenvalue weighted by atomic mass is 9.94. The zero-order valence-corrected chi connectivity index (χ0v) is 13.4. The van der Waals surface area contributed by atoms with E-state index < -0.39 is 18.9 Å². The molecular formula is C16H17ClFN3O2. The Morgan fingerprint density at radius 1 is 1.57 bits per heavy atom. The fourth-order valence-electron chi connectivity index (χ4n) is 3.22. The quantitative estimate of drug-likeness (QED) is 0.912. The number of aliphatic hydroxyl groups excluding tert-OH is 1. The molecule has 2 heterocycles. The van der Waals surface area contributed by atoms with Crippen LogP contribution in [-0.4, -0.2) is 53.9 Å². The number of hydrogen-bond donors (Lipinski definition) is 1. The molecular weight excluding hydrogens is 321 g/mol. The van der Waals surface area contributed by atoms with Crippen molar-refractivity contribution in [2.75, 3.05) is 19.8 Å². The summed E-state index contributed by atoms with van der Waals surface area (Å²) >= 11 is 6.24. The first-order chi connectivity index (χ1) is 11.1. The van der Waals surface area contributed by atoms with Crippen molar-refractivity contribution in [3.63, 3.8) is 0 Å². The van der Waals surface area contributed by atoms with Gasteiger partial charge in [0.1, 0.15) is 24.9 Å². The third kappa shape index (κ3) is 2.69. The summed E-state index contributed by atoms with van der Waals surface area (Å²) in [5.41, 5.74) is 2.52. The summed E-state index contributed by atoms with van der Waals surface area (Å²) in [6.07, 6.45) is -0.453. The number of hydrogen-bond acceptors (Lipinski definition) is 5. The van der Waals surface area contributed by atoms with Gasteiger partial charge in [0.05, 0.1) is 29.0 Å². The average Bonchev–Trinajstić information content (AvgIpc) is 3.08. The second-order valence-corrected chi connectivity index (χ2v) is 6.06. The highest BCUT2D eigenvalue weighted by molar-refractivity contribution is 6.33. The van der Waals surface area contributed by atoms with Crippen molar-refractivity contribution in [3.05, 3.63) is 33.8 Å². The van der Waals surface area contributed by atoms with Crippen LogP contribution < -0.4 is 0 Å². The summed E-state index contributed by atoms with van der Waals surface area (Å²) in [4.78, 5) is 0. The van der Waals surface area contributed by atoms with Crippen molar-refractivity contribution in [2.24, 2.45) is 5.10 Å². The molecule has 1 N–H and O–H groups in total. The summed E-state index contributed by atoms with van der Waals surface area (Å²) in [7, 11) is 0. The zero-order valence-electron chi connectivity index (χ0n) is 12.7. The molecule has 2 aliphatic heterocycles. The van der Waals surface area contributed by atoms with E-state index in [1.54, 1.807) is 17.1 Å². The molecule has 0 amide bonds. The number of hydrazone groups is 1. The number of benzene rings is 1. The van der Waals surface area contributed by atoms with Gasteiger partial charge >= 0.3 is 0 Å². The van der Waals surface area contributed by atoms with E-state index in [-0.39, 0.29) is 12.6 Å². The number of alkyl halides is 1. The molecule has 0 radical (unpaired) electrons. The first kappa shape index (κ1) is 16.2. The molecule has 1 aromatic rings. The molecule has 3 atom stereocenters. The second kappa shape index (κ2) is 6.44. The van der Waals surface area contributed by atoms with Gasteiger partial charge in [0.2, 0.25) is 0 Å². The Morgan fingerprint density at radius 3 is 3.04 bits per heavy atom. The van der Waals surface area contributed by atoms with E-state index in [0.29, 0.717) is 29.3 Å². The fourth-order valence-corrected chi connectivity index (χ4v) is 3.43. The summed E-state index contributed by atoms with van der Waals surface area (Å²) in [6.45, 7) is 1.80. The molecule has 0 aliphatic carbocycles. The van der Waals surface area contributed by atoms with Crippen LogP contribution in [0.3, 0.4) is 0 Å². The summed E-state index contributed by atoms with van der Waals surface area (Å²) < 4.78 is 18.2. The monoisotopic (exact) mass is 337 g/mol. The van der Waals surface area contributed by atoms with E-state index in [0.717, 1.165) is 11.1 Å². The highest BCUT2D eigenvalue weighted by atomic mass is 35.5. The Labute approximate surface area is 138 Å². The maximum absolute atomic E-state index is 12.6. The van der Waals surface area contributed by atoms with Crippen LogP contribution >= 0.6 is 11.6 Å². The van der Waals surface area contributed by atoms with Crippen LogP contribution in [0.1, 0.15) is 23.1 Å². The molecule has 0 saturated carbocycles. The Balaban J connectivity index is 2.00. The Morgan fingerprint density at radius 2 is 2.35 bits per heavy atom. The molecule has 1 aromatic carbocycles. The number of aliphatic hydroxyl groups is 1. The third-order valence-corrected chi connectivity index (χ3v) is 4.85. The standard InChI is InChI=1S/C16H17ClFN3O2/c1-9-11(3-2-10(8-19)13(9)17)14-16(23-7-5-18)15-12(22)4-6-21(15)20-14/h2-3,12,15-16,22H,4-7H2,1H3/t12-,15-,16+/m0/s1. The van der Waals surface area contributed by atoms with Crippen LogP contribution in [0.4, 0.5) is 4.39 Å². The first-order valence-electron chi connectivity index (χ1n) is 7.48. The Hall–Kier alpha value is -1.68. The molecule has 122 valence electrons. The van der Waals surface area contributed by atoms with Crippen molar-refractivity contribution >= 4 is 17.3 Å². The largest absolute Gasteiger partial charge is 0.391 e. The van der Waals surface area contributed by atoms with E-state index in [9.17, 15) is 9.50 Å². The van der Waals surface area contributed by atoms with Gasteiger partial charge in [-0.25, -0.2) is 4.39 Å². The van der Waals surface area contributed by atoms with Crippen LogP contribution in [0.25, 0.3) is 0 Å². The molecule has 1 saturated heterocycles. The van der Waals surface area contributed by atoms with Gasteiger partial charge < -0.3 is 9.84 Å². The molecule has 0 unspecified atom stereocenters. The fraction of sp³-hybridized carbons (Fsp3) is 0.500. The average molecular weight is 338 g/mol.